The van der Waals surface area contributed by atoms with Crippen molar-refractivity contribution in [3.8, 4) is 0 Å². The molecule has 144 valence electrons. The van der Waals surface area contributed by atoms with E-state index in [0.717, 1.165) is 6.42 Å². The second-order valence-corrected chi connectivity index (χ2v) is 7.96. The summed E-state index contributed by atoms with van der Waals surface area (Å²) in [5.74, 6) is 0.611. The quantitative estimate of drug-likeness (QED) is 0.314. The minimum atomic E-state index is 0.611. The summed E-state index contributed by atoms with van der Waals surface area (Å²) in [6.45, 7) is 2.29. The van der Waals surface area contributed by atoms with E-state index in [2.05, 4.69) is 72.6 Å². The molecule has 0 amide bonds. The Morgan fingerprint density at radius 1 is 0.741 bits per heavy atom. The van der Waals surface area contributed by atoms with Crippen LogP contribution >= 0.6 is 0 Å². The lowest BCUT2D eigenvalue weighted by Crippen LogP contribution is -2.03. The molecular formula is C26H35N. The maximum Gasteiger partial charge on any atom is 0.0456 e. The molecule has 2 aromatic carbocycles. The van der Waals surface area contributed by atoms with Gasteiger partial charge in [-0.25, -0.2) is 0 Å². The highest BCUT2D eigenvalue weighted by Gasteiger charge is 2.13. The van der Waals surface area contributed by atoms with E-state index >= 15 is 0 Å². The van der Waals surface area contributed by atoms with Crippen molar-refractivity contribution in [3.63, 3.8) is 0 Å². The van der Waals surface area contributed by atoms with Crippen LogP contribution in [0.25, 0.3) is 10.9 Å². The minimum Gasteiger partial charge on any atom is -0.358 e. The topological polar surface area (TPSA) is 15.8 Å². The van der Waals surface area contributed by atoms with Crippen molar-refractivity contribution >= 4 is 10.9 Å². The third-order valence-corrected chi connectivity index (χ3v) is 5.73. The molecule has 3 rings (SSSR count). The van der Waals surface area contributed by atoms with Gasteiger partial charge in [-0.05, 0) is 41.8 Å². The largest absolute Gasteiger partial charge is 0.358 e. The van der Waals surface area contributed by atoms with Gasteiger partial charge in [-0.1, -0.05) is 107 Å². The Balaban J connectivity index is 1.54. The van der Waals surface area contributed by atoms with Gasteiger partial charge in [-0.3, -0.25) is 0 Å². The molecule has 27 heavy (non-hydrogen) atoms. The second kappa shape index (κ2) is 11.0. The number of nitrogens with one attached hydrogen (secondary N) is 1. The Bertz CT molecular complexity index is 738. The van der Waals surface area contributed by atoms with E-state index in [1.165, 1.54) is 79.9 Å². The Morgan fingerprint density at radius 2 is 1.41 bits per heavy atom. The summed E-state index contributed by atoms with van der Waals surface area (Å²) in [4.78, 5) is 3.63. The molecule has 0 radical (unpaired) electrons. The number of H-pyrrole nitrogens is 1. The summed E-state index contributed by atoms with van der Waals surface area (Å²) in [5.41, 5.74) is 4.11. The van der Waals surface area contributed by atoms with Crippen molar-refractivity contribution in [3.05, 3.63) is 71.9 Å². The lowest BCUT2D eigenvalue weighted by atomic mass is 9.89. The molecule has 0 aliphatic rings. The van der Waals surface area contributed by atoms with E-state index in [1.54, 1.807) is 0 Å². The summed E-state index contributed by atoms with van der Waals surface area (Å²) in [6.07, 6.45) is 13.5. The third-order valence-electron chi connectivity index (χ3n) is 5.73. The fraction of sp³-hybridized carbons (Fsp3) is 0.462. The predicted molar refractivity (Wildman–Crippen MR) is 118 cm³/mol. The van der Waals surface area contributed by atoms with Gasteiger partial charge in [0, 0.05) is 11.2 Å². The maximum atomic E-state index is 3.63. The summed E-state index contributed by atoms with van der Waals surface area (Å²) in [7, 11) is 0. The number of rotatable bonds is 12. The summed E-state index contributed by atoms with van der Waals surface area (Å²) >= 11 is 0. The van der Waals surface area contributed by atoms with E-state index < -0.39 is 0 Å². The molecule has 1 aromatic heterocycles. The molecule has 0 saturated heterocycles. The number of hydrogen-bond donors (Lipinski definition) is 1. The van der Waals surface area contributed by atoms with Crippen LogP contribution in [-0.2, 0) is 6.42 Å². The first-order valence-corrected chi connectivity index (χ1v) is 11.0. The first kappa shape index (κ1) is 19.7. The zero-order chi connectivity index (χ0) is 18.7. The van der Waals surface area contributed by atoms with Gasteiger partial charge in [0.05, 0.1) is 0 Å². The van der Waals surface area contributed by atoms with Crippen LogP contribution in [0.1, 0.15) is 81.9 Å². The molecule has 1 N–H and O–H groups in total. The van der Waals surface area contributed by atoms with Crippen LogP contribution in [0.15, 0.2) is 60.7 Å². The molecule has 0 fully saturated rings. The van der Waals surface area contributed by atoms with Crippen LogP contribution in [0.2, 0.25) is 0 Å². The number of unbranched alkanes of at least 4 members (excludes halogenated alkanes) is 7. The molecular weight excluding hydrogens is 326 g/mol. The Kier molecular flexibility index (Phi) is 8.02. The Morgan fingerprint density at radius 3 is 2.15 bits per heavy atom. The lowest BCUT2D eigenvalue weighted by Gasteiger charge is -2.17. The van der Waals surface area contributed by atoms with Crippen LogP contribution in [0.4, 0.5) is 0 Å². The number of fused-ring (bicyclic) bond motifs is 1. The van der Waals surface area contributed by atoms with Crippen molar-refractivity contribution in [2.24, 2.45) is 0 Å². The van der Waals surface area contributed by atoms with Gasteiger partial charge in [0.2, 0.25) is 0 Å². The van der Waals surface area contributed by atoms with Crippen molar-refractivity contribution in [1.29, 1.82) is 0 Å². The average molecular weight is 362 g/mol. The average Bonchev–Trinajstić information content (AvgIpc) is 3.12. The minimum absolute atomic E-state index is 0.611. The predicted octanol–water partition coefficient (Wildman–Crippen LogP) is 8.03. The van der Waals surface area contributed by atoms with Crippen LogP contribution < -0.4 is 0 Å². The van der Waals surface area contributed by atoms with Crippen molar-refractivity contribution in [2.45, 2.75) is 77.0 Å². The van der Waals surface area contributed by atoms with Gasteiger partial charge in [-0.2, -0.15) is 0 Å². The number of hydrogen-bond acceptors (Lipinski definition) is 0. The van der Waals surface area contributed by atoms with Crippen molar-refractivity contribution in [1.82, 2.24) is 4.98 Å². The highest BCUT2D eigenvalue weighted by atomic mass is 14.7. The van der Waals surface area contributed by atoms with Crippen LogP contribution in [0, 0.1) is 0 Å². The fourth-order valence-corrected chi connectivity index (χ4v) is 4.15. The van der Waals surface area contributed by atoms with Crippen molar-refractivity contribution in [2.75, 3.05) is 0 Å². The van der Waals surface area contributed by atoms with E-state index in [4.69, 9.17) is 0 Å². The number of aromatic nitrogens is 1. The number of aromatic amines is 1. The molecule has 0 aliphatic heterocycles. The normalized spacial score (nSPS) is 12.5. The van der Waals surface area contributed by atoms with Crippen LogP contribution in [0.5, 0.6) is 0 Å². The Labute approximate surface area is 165 Å². The molecule has 0 bridgehead atoms. The number of para-hydroxylation sites is 1. The van der Waals surface area contributed by atoms with Gasteiger partial charge < -0.3 is 4.98 Å². The molecule has 0 spiro atoms. The van der Waals surface area contributed by atoms with Crippen LogP contribution in [-0.4, -0.2) is 4.98 Å². The van der Waals surface area contributed by atoms with Gasteiger partial charge >= 0.3 is 0 Å². The first-order chi connectivity index (χ1) is 13.4. The fourth-order valence-electron chi connectivity index (χ4n) is 4.15. The van der Waals surface area contributed by atoms with Gasteiger partial charge in [-0.15, -0.1) is 0 Å². The smallest absolute Gasteiger partial charge is 0.0456 e. The molecule has 1 nitrogen and oxygen atoms in total. The maximum absolute atomic E-state index is 3.63. The van der Waals surface area contributed by atoms with E-state index in [9.17, 15) is 0 Å². The van der Waals surface area contributed by atoms with Crippen molar-refractivity contribution < 1.29 is 0 Å². The molecule has 0 aliphatic carbocycles. The summed E-state index contributed by atoms with van der Waals surface area (Å²) in [6, 6.07) is 22.0. The Hall–Kier alpha value is -2.02. The SMILES string of the molecule is CCCCCCCCCCC(Cc1cc2ccccc2[nH]1)c1ccccc1. The number of benzene rings is 2. The molecule has 1 heterocycles. The van der Waals surface area contributed by atoms with Gasteiger partial charge in [0.25, 0.3) is 0 Å². The van der Waals surface area contributed by atoms with Crippen LogP contribution in [0.3, 0.4) is 0 Å². The highest BCUT2D eigenvalue weighted by molar-refractivity contribution is 5.80. The van der Waals surface area contributed by atoms with E-state index in [0.29, 0.717) is 5.92 Å². The van der Waals surface area contributed by atoms with Gasteiger partial charge in [0.1, 0.15) is 0 Å². The summed E-state index contributed by atoms with van der Waals surface area (Å²) in [5, 5.41) is 1.33. The van der Waals surface area contributed by atoms with E-state index in [-0.39, 0.29) is 0 Å². The second-order valence-electron chi connectivity index (χ2n) is 7.96. The molecule has 1 atom stereocenters. The monoisotopic (exact) mass is 361 g/mol. The standard InChI is InChI=1S/C26H35N/c1-2-3-4-5-6-7-8-10-17-23(22-15-11-9-12-16-22)20-25-21-24-18-13-14-19-26(24)27-25/h9,11-16,18-19,21,23,27H,2-8,10,17,20H2,1H3. The molecule has 1 unspecified atom stereocenters. The molecule has 3 aromatic rings. The third kappa shape index (κ3) is 6.27. The highest BCUT2D eigenvalue weighted by Crippen LogP contribution is 2.28. The first-order valence-electron chi connectivity index (χ1n) is 11.0. The zero-order valence-electron chi connectivity index (χ0n) is 16.9. The summed E-state index contributed by atoms with van der Waals surface area (Å²) < 4.78 is 0. The lowest BCUT2D eigenvalue weighted by molar-refractivity contribution is 0.526. The van der Waals surface area contributed by atoms with E-state index in [1.807, 2.05) is 0 Å². The molecule has 1 heteroatoms. The zero-order valence-corrected chi connectivity index (χ0v) is 16.9. The van der Waals surface area contributed by atoms with Gasteiger partial charge in [0.15, 0.2) is 0 Å². The molecule has 0 saturated carbocycles.